The molecule has 1 aliphatic heterocycles. The topological polar surface area (TPSA) is 43.7 Å². The van der Waals surface area contributed by atoms with E-state index in [1.54, 1.807) is 16.5 Å². The van der Waals surface area contributed by atoms with Crippen molar-refractivity contribution >= 4 is 34.2 Å². The van der Waals surface area contributed by atoms with E-state index in [0.29, 0.717) is 6.42 Å². The SMILES string of the molecule is CCC(=O)On1cc(C2=CCN(CC)CC2)c2cc(Sc3ccccc3OC(C)(C)C)ccc21. The van der Waals surface area contributed by atoms with Crippen molar-refractivity contribution in [3.8, 4) is 5.75 Å². The van der Waals surface area contributed by atoms with Crippen LogP contribution in [0, 0.1) is 0 Å². The van der Waals surface area contributed by atoms with Crippen LogP contribution in [0.1, 0.15) is 53.0 Å². The highest BCUT2D eigenvalue weighted by atomic mass is 32.2. The first-order valence-corrected chi connectivity index (χ1v) is 12.8. The molecule has 0 spiro atoms. The summed E-state index contributed by atoms with van der Waals surface area (Å²) in [5.41, 5.74) is 3.07. The summed E-state index contributed by atoms with van der Waals surface area (Å²) in [5.74, 6) is 0.634. The van der Waals surface area contributed by atoms with E-state index >= 15 is 0 Å². The molecule has 0 unspecified atom stereocenters. The van der Waals surface area contributed by atoms with Crippen molar-refractivity contribution in [2.24, 2.45) is 0 Å². The van der Waals surface area contributed by atoms with Crippen molar-refractivity contribution in [2.45, 2.75) is 62.9 Å². The number of fused-ring (bicyclic) bond motifs is 1. The zero-order valence-electron chi connectivity index (χ0n) is 20.8. The summed E-state index contributed by atoms with van der Waals surface area (Å²) >= 11 is 1.69. The number of aromatic nitrogens is 1. The molecule has 0 saturated carbocycles. The number of benzene rings is 2. The first-order valence-electron chi connectivity index (χ1n) is 12.0. The van der Waals surface area contributed by atoms with E-state index in [-0.39, 0.29) is 11.6 Å². The van der Waals surface area contributed by atoms with Gasteiger partial charge in [0.15, 0.2) is 0 Å². The molecule has 0 bridgehead atoms. The van der Waals surface area contributed by atoms with E-state index in [4.69, 9.17) is 9.57 Å². The Labute approximate surface area is 206 Å². The van der Waals surface area contributed by atoms with Gasteiger partial charge in [-0.15, -0.1) is 0 Å². The molecule has 0 saturated heterocycles. The summed E-state index contributed by atoms with van der Waals surface area (Å²) in [5, 5.41) is 1.10. The second-order valence-corrected chi connectivity index (χ2v) is 10.6. The van der Waals surface area contributed by atoms with Crippen molar-refractivity contribution in [1.82, 2.24) is 9.63 Å². The van der Waals surface area contributed by atoms with Gasteiger partial charge in [-0.25, -0.2) is 4.79 Å². The van der Waals surface area contributed by atoms with Gasteiger partial charge in [-0.05, 0) is 69.6 Å². The number of ether oxygens (including phenoxy) is 1. The smallest absolute Gasteiger partial charge is 0.332 e. The number of rotatable bonds is 7. The lowest BCUT2D eigenvalue weighted by Gasteiger charge is -2.24. The zero-order valence-corrected chi connectivity index (χ0v) is 21.6. The number of para-hydroxylation sites is 1. The van der Waals surface area contributed by atoms with Crippen molar-refractivity contribution in [3.05, 3.63) is 60.3 Å². The van der Waals surface area contributed by atoms with E-state index in [2.05, 4.69) is 56.9 Å². The minimum absolute atomic E-state index is 0.245. The van der Waals surface area contributed by atoms with Crippen LogP contribution in [0.4, 0.5) is 0 Å². The van der Waals surface area contributed by atoms with Crippen LogP contribution in [0.2, 0.25) is 0 Å². The van der Waals surface area contributed by atoms with Crippen molar-refractivity contribution in [3.63, 3.8) is 0 Å². The lowest BCUT2D eigenvalue weighted by Crippen LogP contribution is -2.28. The molecule has 4 rings (SSSR count). The van der Waals surface area contributed by atoms with E-state index < -0.39 is 0 Å². The van der Waals surface area contributed by atoms with Crippen molar-refractivity contribution in [1.29, 1.82) is 0 Å². The largest absolute Gasteiger partial charge is 0.487 e. The molecular formula is C28H34N2O3S. The quantitative estimate of drug-likeness (QED) is 0.391. The maximum atomic E-state index is 12.1. The van der Waals surface area contributed by atoms with E-state index in [1.807, 2.05) is 37.4 Å². The summed E-state index contributed by atoms with van der Waals surface area (Å²) in [6.07, 6.45) is 5.59. The fraction of sp³-hybridized carbons (Fsp3) is 0.393. The molecule has 0 atom stereocenters. The third kappa shape index (κ3) is 5.68. The maximum absolute atomic E-state index is 12.1. The third-order valence-corrected chi connectivity index (χ3v) is 6.86. The number of hydrogen-bond acceptors (Lipinski definition) is 5. The second kappa shape index (κ2) is 10.3. The van der Waals surface area contributed by atoms with Gasteiger partial charge in [-0.3, -0.25) is 4.90 Å². The molecule has 2 aromatic carbocycles. The highest BCUT2D eigenvalue weighted by Gasteiger charge is 2.20. The lowest BCUT2D eigenvalue weighted by molar-refractivity contribution is -0.143. The average Bonchev–Trinajstić information content (AvgIpc) is 3.17. The summed E-state index contributed by atoms with van der Waals surface area (Å²) in [6.45, 7) is 13.2. The average molecular weight is 479 g/mol. The molecule has 0 amide bonds. The van der Waals surface area contributed by atoms with Gasteiger partial charge in [0.1, 0.15) is 11.4 Å². The van der Waals surface area contributed by atoms with E-state index in [1.165, 1.54) is 5.57 Å². The number of hydrogen-bond donors (Lipinski definition) is 0. The summed E-state index contributed by atoms with van der Waals surface area (Å²) in [7, 11) is 0. The molecule has 3 aromatic rings. The van der Waals surface area contributed by atoms with Gasteiger partial charge in [-0.2, -0.15) is 4.73 Å². The first-order chi connectivity index (χ1) is 16.3. The third-order valence-electron chi connectivity index (χ3n) is 5.81. The van der Waals surface area contributed by atoms with Crippen LogP contribution in [0.15, 0.2) is 64.5 Å². The van der Waals surface area contributed by atoms with Crippen LogP contribution in [-0.4, -0.2) is 40.8 Å². The molecule has 0 fully saturated rings. The van der Waals surface area contributed by atoms with Gasteiger partial charge in [0.2, 0.25) is 0 Å². The summed E-state index contributed by atoms with van der Waals surface area (Å²) in [4.78, 5) is 22.3. The molecule has 6 heteroatoms. The van der Waals surface area contributed by atoms with E-state index in [0.717, 1.165) is 58.1 Å². The molecular weight excluding hydrogens is 444 g/mol. The second-order valence-electron chi connectivity index (χ2n) is 9.50. The van der Waals surface area contributed by atoms with Crippen LogP contribution >= 0.6 is 11.8 Å². The predicted molar refractivity (Wildman–Crippen MR) is 139 cm³/mol. The molecule has 2 heterocycles. The number of likely N-dealkylation sites (N-methyl/N-ethyl adjacent to an activating group) is 1. The Morgan fingerprint density at radius 3 is 2.59 bits per heavy atom. The molecule has 5 nitrogen and oxygen atoms in total. The number of carbonyl (C=O) groups excluding carboxylic acids is 1. The molecule has 180 valence electrons. The van der Waals surface area contributed by atoms with Gasteiger partial charge >= 0.3 is 5.97 Å². The Morgan fingerprint density at radius 2 is 1.91 bits per heavy atom. The molecule has 34 heavy (non-hydrogen) atoms. The van der Waals surface area contributed by atoms with Crippen LogP contribution < -0.4 is 9.57 Å². The molecule has 0 N–H and O–H groups in total. The first kappa shape index (κ1) is 24.4. The van der Waals surface area contributed by atoms with Crippen LogP contribution in [0.25, 0.3) is 16.5 Å². The Hall–Kier alpha value is -2.70. The fourth-order valence-electron chi connectivity index (χ4n) is 4.07. The van der Waals surface area contributed by atoms with Crippen LogP contribution in [0.3, 0.4) is 0 Å². The van der Waals surface area contributed by atoms with Crippen LogP contribution in [0.5, 0.6) is 5.75 Å². The fourth-order valence-corrected chi connectivity index (χ4v) is 4.99. The molecule has 0 aliphatic carbocycles. The highest BCUT2D eigenvalue weighted by Crippen LogP contribution is 2.39. The normalized spacial score (nSPS) is 14.8. The lowest BCUT2D eigenvalue weighted by atomic mass is 9.99. The summed E-state index contributed by atoms with van der Waals surface area (Å²) < 4.78 is 7.83. The van der Waals surface area contributed by atoms with Crippen molar-refractivity contribution < 1.29 is 14.4 Å². The minimum Gasteiger partial charge on any atom is -0.487 e. The molecule has 1 aliphatic rings. The number of carbonyl (C=O) groups is 1. The standard InChI is InChI=1S/C28H34N2O3S/c1-6-27(31)33-30-19-23(20-14-16-29(7-2)17-15-20)22-18-21(12-13-24(22)30)34-26-11-9-8-10-25(26)32-28(3,4)5/h8-14,18-19H,6-7,15-17H2,1-5H3. The van der Waals surface area contributed by atoms with Gasteiger partial charge in [0.25, 0.3) is 0 Å². The monoisotopic (exact) mass is 478 g/mol. The Bertz CT molecular complexity index is 1210. The molecule has 0 radical (unpaired) electrons. The van der Waals surface area contributed by atoms with Gasteiger partial charge < -0.3 is 9.57 Å². The van der Waals surface area contributed by atoms with Crippen LogP contribution in [-0.2, 0) is 4.79 Å². The van der Waals surface area contributed by atoms with Gasteiger partial charge in [-0.1, -0.05) is 43.8 Å². The van der Waals surface area contributed by atoms with Crippen molar-refractivity contribution in [2.75, 3.05) is 19.6 Å². The number of nitrogens with zero attached hydrogens (tertiary/aromatic N) is 2. The van der Waals surface area contributed by atoms with Gasteiger partial charge in [0, 0.05) is 35.4 Å². The van der Waals surface area contributed by atoms with E-state index in [9.17, 15) is 4.79 Å². The Morgan fingerprint density at radius 1 is 1.12 bits per heavy atom. The zero-order chi connectivity index (χ0) is 24.3. The summed E-state index contributed by atoms with van der Waals surface area (Å²) in [6, 6.07) is 14.5. The molecule has 1 aromatic heterocycles. The Kier molecular flexibility index (Phi) is 7.39. The predicted octanol–water partition coefficient (Wildman–Crippen LogP) is 6.44. The Balaban J connectivity index is 1.73. The minimum atomic E-state index is -0.270. The van der Waals surface area contributed by atoms with Gasteiger partial charge in [0.05, 0.1) is 16.6 Å². The highest BCUT2D eigenvalue weighted by molar-refractivity contribution is 7.99. The maximum Gasteiger partial charge on any atom is 0.332 e.